The lowest BCUT2D eigenvalue weighted by Crippen LogP contribution is -2.48. The van der Waals surface area contributed by atoms with Crippen LogP contribution in [0.5, 0.6) is 0 Å². The minimum atomic E-state index is -0.382. The van der Waals surface area contributed by atoms with Crippen LogP contribution in [0.1, 0.15) is 18.9 Å². The molecule has 8 heteroatoms. The molecule has 0 spiro atoms. The lowest BCUT2D eigenvalue weighted by Gasteiger charge is -2.34. The predicted octanol–water partition coefficient (Wildman–Crippen LogP) is 2.31. The molecule has 1 aliphatic rings. The fourth-order valence-corrected chi connectivity index (χ4v) is 3.43. The van der Waals surface area contributed by atoms with Crippen molar-refractivity contribution in [2.45, 2.75) is 19.8 Å². The lowest BCUT2D eigenvalue weighted by molar-refractivity contribution is -0.130. The molecule has 1 aliphatic heterocycles. The predicted molar refractivity (Wildman–Crippen MR) is 110 cm³/mol. The van der Waals surface area contributed by atoms with Crippen LogP contribution in [0.25, 0.3) is 0 Å². The highest BCUT2D eigenvalue weighted by Gasteiger charge is 2.18. The van der Waals surface area contributed by atoms with Crippen molar-refractivity contribution >= 4 is 23.7 Å². The summed E-state index contributed by atoms with van der Waals surface area (Å²) in [6, 6.07) is 8.16. The zero-order valence-electron chi connectivity index (χ0n) is 16.6. The molecule has 29 heavy (non-hydrogen) atoms. The van der Waals surface area contributed by atoms with Crippen LogP contribution >= 0.6 is 0 Å². The van der Waals surface area contributed by atoms with Crippen LogP contribution in [0, 0.1) is 5.82 Å². The summed E-state index contributed by atoms with van der Waals surface area (Å²) in [7, 11) is 0. The molecule has 7 nitrogen and oxygen atoms in total. The van der Waals surface area contributed by atoms with Crippen LogP contribution in [-0.2, 0) is 16.0 Å². The van der Waals surface area contributed by atoms with E-state index in [1.54, 1.807) is 31.5 Å². The van der Waals surface area contributed by atoms with Gasteiger partial charge >= 0.3 is 0 Å². The highest BCUT2D eigenvalue weighted by Crippen LogP contribution is 2.20. The Bertz CT molecular complexity index is 825. The van der Waals surface area contributed by atoms with Crippen molar-refractivity contribution in [3.8, 4) is 0 Å². The number of nitrogens with zero attached hydrogens (tertiary/aromatic N) is 4. The smallest absolute Gasteiger partial charge is 0.232 e. The first-order valence-electron chi connectivity index (χ1n) is 9.73. The molecular formula is C21H26FN5O2. The molecule has 1 aromatic carbocycles. The molecule has 0 atom stereocenters. The van der Waals surface area contributed by atoms with Crippen LogP contribution in [0.4, 0.5) is 15.8 Å². The number of nitrogens with one attached hydrogen (secondary N) is 1. The van der Waals surface area contributed by atoms with E-state index in [0.29, 0.717) is 24.2 Å². The van der Waals surface area contributed by atoms with Gasteiger partial charge in [0, 0.05) is 39.3 Å². The Morgan fingerprint density at radius 2 is 2.07 bits per heavy atom. The molecule has 2 heterocycles. The number of pyridine rings is 1. The number of halogens is 1. The SMILES string of the molecule is CC(=O)N1CCN(CCCc2cc(F)cc(N(C=O)Nc3cccnc3)c2)CC1. The van der Waals surface area contributed by atoms with Gasteiger partial charge in [0.2, 0.25) is 12.3 Å². The Hall–Kier alpha value is -3.00. The Labute approximate surface area is 170 Å². The van der Waals surface area contributed by atoms with Gasteiger partial charge in [-0.05, 0) is 55.3 Å². The van der Waals surface area contributed by atoms with Crippen LogP contribution < -0.4 is 10.4 Å². The van der Waals surface area contributed by atoms with E-state index in [1.165, 1.54) is 17.1 Å². The third kappa shape index (κ3) is 5.99. The second-order valence-electron chi connectivity index (χ2n) is 7.10. The Kier molecular flexibility index (Phi) is 7.13. The van der Waals surface area contributed by atoms with E-state index in [2.05, 4.69) is 15.3 Å². The number of rotatable bonds is 8. The van der Waals surface area contributed by atoms with Gasteiger partial charge in [-0.3, -0.25) is 24.9 Å². The Morgan fingerprint density at radius 1 is 1.28 bits per heavy atom. The molecule has 0 aliphatic carbocycles. The van der Waals surface area contributed by atoms with Gasteiger partial charge in [-0.25, -0.2) is 9.40 Å². The summed E-state index contributed by atoms with van der Waals surface area (Å²) >= 11 is 0. The third-order valence-corrected chi connectivity index (χ3v) is 4.99. The number of hydrogen-bond donors (Lipinski definition) is 1. The molecule has 2 amide bonds. The average molecular weight is 399 g/mol. The highest BCUT2D eigenvalue weighted by molar-refractivity contribution is 5.78. The molecular weight excluding hydrogens is 373 g/mol. The standard InChI is InChI=1S/C21H26FN5O2/c1-17(29)26-10-8-25(9-11-26)7-3-4-18-12-19(22)14-21(13-18)27(16-28)24-20-5-2-6-23-15-20/h2,5-6,12-16,24H,3-4,7-11H2,1H3. The minimum Gasteiger partial charge on any atom is -0.340 e. The first-order valence-corrected chi connectivity index (χ1v) is 9.73. The number of aryl methyl sites for hydroxylation is 1. The van der Waals surface area contributed by atoms with Gasteiger partial charge in [-0.15, -0.1) is 0 Å². The first kappa shape index (κ1) is 20.7. The lowest BCUT2D eigenvalue weighted by atomic mass is 10.1. The van der Waals surface area contributed by atoms with E-state index in [9.17, 15) is 14.0 Å². The number of anilines is 2. The third-order valence-electron chi connectivity index (χ3n) is 4.99. The molecule has 3 rings (SSSR count). The van der Waals surface area contributed by atoms with Crippen molar-refractivity contribution in [1.29, 1.82) is 0 Å². The van der Waals surface area contributed by atoms with Crippen LogP contribution in [0.15, 0.2) is 42.7 Å². The Morgan fingerprint density at radius 3 is 2.72 bits per heavy atom. The van der Waals surface area contributed by atoms with Gasteiger partial charge in [0.05, 0.1) is 17.6 Å². The number of carbonyl (C=O) groups excluding carboxylic acids is 2. The first-order chi connectivity index (χ1) is 14.0. The summed E-state index contributed by atoms with van der Waals surface area (Å²) in [5, 5.41) is 1.24. The van der Waals surface area contributed by atoms with Crippen LogP contribution in [-0.4, -0.2) is 59.8 Å². The zero-order chi connectivity index (χ0) is 20.6. The van der Waals surface area contributed by atoms with Crippen LogP contribution in [0.3, 0.4) is 0 Å². The summed E-state index contributed by atoms with van der Waals surface area (Å²) in [6.45, 7) is 5.73. The minimum absolute atomic E-state index is 0.122. The maximum Gasteiger partial charge on any atom is 0.232 e. The highest BCUT2D eigenvalue weighted by atomic mass is 19.1. The largest absolute Gasteiger partial charge is 0.340 e. The number of hydrogen-bond acceptors (Lipinski definition) is 5. The summed E-state index contributed by atoms with van der Waals surface area (Å²) in [5.41, 5.74) is 4.82. The summed E-state index contributed by atoms with van der Waals surface area (Å²) in [5.74, 6) is -0.260. The number of benzene rings is 1. The van der Waals surface area contributed by atoms with Crippen LogP contribution in [0.2, 0.25) is 0 Å². The topological polar surface area (TPSA) is 68.8 Å². The van der Waals surface area contributed by atoms with Crippen molar-refractivity contribution < 1.29 is 14.0 Å². The molecule has 1 fully saturated rings. The maximum atomic E-state index is 14.1. The number of piperazine rings is 1. The van der Waals surface area contributed by atoms with E-state index in [1.807, 2.05) is 11.0 Å². The molecule has 1 aromatic heterocycles. The zero-order valence-corrected chi connectivity index (χ0v) is 16.6. The number of carbonyl (C=O) groups is 2. The molecule has 1 saturated heterocycles. The van der Waals surface area contributed by atoms with E-state index >= 15 is 0 Å². The van der Waals surface area contributed by atoms with Gasteiger partial charge in [0.1, 0.15) is 5.82 Å². The van der Waals surface area contributed by atoms with Crippen molar-refractivity contribution in [2.24, 2.45) is 0 Å². The van der Waals surface area contributed by atoms with E-state index in [4.69, 9.17) is 0 Å². The molecule has 2 aromatic rings. The van der Waals surface area contributed by atoms with Crippen molar-refractivity contribution in [3.05, 3.63) is 54.1 Å². The van der Waals surface area contributed by atoms with Crippen molar-refractivity contribution in [2.75, 3.05) is 43.2 Å². The van der Waals surface area contributed by atoms with Gasteiger partial charge in [0.25, 0.3) is 0 Å². The average Bonchev–Trinajstić information content (AvgIpc) is 2.72. The Balaban J connectivity index is 1.56. The molecule has 0 unspecified atom stereocenters. The summed E-state index contributed by atoms with van der Waals surface area (Å²) in [4.78, 5) is 31.1. The quantitative estimate of drug-likeness (QED) is 0.545. The molecule has 0 radical (unpaired) electrons. The van der Waals surface area contributed by atoms with E-state index in [0.717, 1.165) is 44.7 Å². The summed E-state index contributed by atoms with van der Waals surface area (Å²) < 4.78 is 14.1. The van der Waals surface area contributed by atoms with Crippen molar-refractivity contribution in [3.63, 3.8) is 0 Å². The van der Waals surface area contributed by atoms with Gasteiger partial charge in [-0.2, -0.15) is 0 Å². The second kappa shape index (κ2) is 9.97. The monoisotopic (exact) mass is 399 g/mol. The maximum absolute atomic E-state index is 14.1. The summed E-state index contributed by atoms with van der Waals surface area (Å²) in [6.07, 6.45) is 5.41. The van der Waals surface area contributed by atoms with E-state index < -0.39 is 0 Å². The number of hydrazine groups is 1. The molecule has 0 saturated carbocycles. The molecule has 154 valence electrons. The van der Waals surface area contributed by atoms with E-state index in [-0.39, 0.29) is 11.7 Å². The molecule has 0 bridgehead atoms. The normalized spacial score (nSPS) is 14.5. The van der Waals surface area contributed by atoms with Gasteiger partial charge in [-0.1, -0.05) is 0 Å². The fourth-order valence-electron chi connectivity index (χ4n) is 3.43. The van der Waals surface area contributed by atoms with Crippen molar-refractivity contribution in [1.82, 2.24) is 14.8 Å². The fraction of sp³-hybridized carbons (Fsp3) is 0.381. The number of amides is 2. The van der Waals surface area contributed by atoms with Gasteiger partial charge < -0.3 is 4.90 Å². The second-order valence-corrected chi connectivity index (χ2v) is 7.10. The number of aromatic nitrogens is 1. The van der Waals surface area contributed by atoms with Gasteiger partial charge in [0.15, 0.2) is 0 Å². The molecule has 1 N–H and O–H groups in total.